The van der Waals surface area contributed by atoms with Crippen LogP contribution < -0.4 is 0 Å². The molecule has 123 heavy (non-hydrogen) atoms. The van der Waals surface area contributed by atoms with E-state index in [1.165, 1.54) is 39.5 Å². The van der Waals surface area contributed by atoms with Gasteiger partial charge in [-0.2, -0.15) is 26.3 Å². The van der Waals surface area contributed by atoms with Crippen LogP contribution in [0.4, 0.5) is 74.6 Å². The molecule has 0 bridgehead atoms. The number of hydrogen-bond donors (Lipinski definition) is 0. The fraction of sp³-hybridized carbons (Fsp3) is 0.189. The molecule has 1 aromatic heterocycles. The smallest absolute Gasteiger partial charge is 0.417 e. The zero-order valence-corrected chi connectivity index (χ0v) is 64.3. The van der Waals surface area contributed by atoms with E-state index < -0.39 is 152 Å². The van der Waals surface area contributed by atoms with Gasteiger partial charge in [0.1, 0.15) is 81.8 Å². The molecule has 0 saturated heterocycles. The number of aryl methyl sites for hydroxylation is 1. The van der Waals surface area contributed by atoms with E-state index in [-0.39, 0.29) is 56.1 Å². The van der Waals surface area contributed by atoms with Crippen LogP contribution in [0.3, 0.4) is 0 Å². The van der Waals surface area contributed by atoms with Gasteiger partial charge in [0.25, 0.3) is 0 Å². The maximum atomic E-state index is 14.4. The number of rotatable bonds is 21. The molecule has 0 fully saturated rings. The van der Waals surface area contributed by atoms with Crippen molar-refractivity contribution in [3.05, 3.63) is 336 Å². The van der Waals surface area contributed by atoms with Crippen molar-refractivity contribution in [2.75, 3.05) is 52.9 Å². The van der Waals surface area contributed by atoms with Crippen LogP contribution in [0.25, 0.3) is 64.8 Å². The molecule has 0 spiro atoms. The minimum atomic E-state index is -5.14. The molecular weight excluding hydrogens is 1660 g/mol. The van der Waals surface area contributed by atoms with Gasteiger partial charge in [-0.15, -0.1) is 0 Å². The van der Waals surface area contributed by atoms with Crippen LogP contribution in [0.5, 0.6) is 0 Å². The van der Waals surface area contributed by atoms with Gasteiger partial charge in [-0.3, -0.25) is 0 Å². The van der Waals surface area contributed by atoms with Crippen molar-refractivity contribution in [1.82, 2.24) is 0 Å². The van der Waals surface area contributed by atoms with E-state index in [9.17, 15) is 98.6 Å². The molecule has 16 nitrogen and oxygen atoms in total. The van der Waals surface area contributed by atoms with Gasteiger partial charge in [-0.05, 0) is 130 Å². The minimum absolute atomic E-state index is 0.00225. The Balaban J connectivity index is 0.000000169. The predicted octanol–water partition coefficient (Wildman–Crippen LogP) is 23.2. The lowest BCUT2D eigenvalue weighted by molar-refractivity contribution is -0.144. The molecule has 33 heteroatoms. The summed E-state index contributed by atoms with van der Waals surface area (Å²) in [5, 5.41) is 6.93. The van der Waals surface area contributed by atoms with Crippen LogP contribution in [0.15, 0.2) is 232 Å². The number of halogens is 17. The highest BCUT2D eigenvalue weighted by Gasteiger charge is 2.44. The van der Waals surface area contributed by atoms with E-state index in [4.69, 9.17) is 28.1 Å². The molecule has 644 valence electrons. The number of hydrogen-bond acceptors (Lipinski definition) is 16. The highest BCUT2D eigenvalue weighted by Crippen LogP contribution is 2.42. The second-order valence-electron chi connectivity index (χ2n) is 25.9. The standard InChI is InChI=1S/C17H9F7O3.C17H16O3.C16H10O.C15H14O3.C14H12F6O3.C11H8F4O3/c18-10-7-8(13(21)16(24)15(23)12(7)20)11(19)14(22)9(10)17(25)27-5-6-3-1-2-4-26-6;18-17(20-12-16-7-3-4-10-19-16)15-9-8-13-5-1-2-6-14(13)11-15;1-2-7-13-11(5-1)12-6-3-4-8-14(12)16-15(13)9-10-17-16;1-2-17-9-10-18-15(16)14-8-7-12-5-3-4-6-13(12)11-14;1-3-22-4-5-23-12(21)11-9(13(15,16)17)6-8(2)7-10(11)14(18,19)20;1-2-17-3-4-18-11(16)8-9(14)6(12)5-7(13)10(8)15/h2,4,6H,1,3,5H2;1-2,4-6,8-11,16H,3,7,12H2;1-10H;2-8,11H,1,9-10H2;3,6-7H,1,4-5H2,2H3;2,5H,1,3-4H2. The first-order chi connectivity index (χ1) is 58.8. The Kier molecular flexibility index (Phi) is 32.8. The van der Waals surface area contributed by atoms with Crippen molar-refractivity contribution in [1.29, 1.82) is 0 Å². The Bertz CT molecular complexity index is 5790. The Labute approximate surface area is 688 Å². The lowest BCUT2D eigenvalue weighted by atomic mass is 9.97. The van der Waals surface area contributed by atoms with E-state index in [0.717, 1.165) is 59.4 Å². The van der Waals surface area contributed by atoms with Crippen LogP contribution in [0.2, 0.25) is 0 Å². The average molecular weight is 1730 g/mol. The first-order valence-electron chi connectivity index (χ1n) is 36.6. The topological polar surface area (TPSA) is 191 Å². The monoisotopic (exact) mass is 1730 g/mol. The summed E-state index contributed by atoms with van der Waals surface area (Å²) in [5.74, 6) is -28.7. The second kappa shape index (κ2) is 43.4. The molecule has 2 aliphatic rings. The third-order valence-corrected chi connectivity index (χ3v) is 17.8. The Morgan fingerprint density at radius 2 is 0.740 bits per heavy atom. The van der Waals surface area contributed by atoms with E-state index in [1.807, 2.05) is 84.9 Å². The minimum Gasteiger partial charge on any atom is -0.498 e. The van der Waals surface area contributed by atoms with Gasteiger partial charge < -0.3 is 51.8 Å². The molecule has 2 atom stereocenters. The number of furan rings is 1. The normalized spacial score (nSPS) is 13.3. The highest BCUT2D eigenvalue weighted by molar-refractivity contribution is 6.23. The maximum absolute atomic E-state index is 14.4. The Morgan fingerprint density at radius 1 is 0.382 bits per heavy atom. The van der Waals surface area contributed by atoms with Crippen LogP contribution in [0.1, 0.15) is 94.2 Å². The molecule has 2 aliphatic heterocycles. The van der Waals surface area contributed by atoms with Crippen LogP contribution in [0, 0.1) is 70.9 Å². The highest BCUT2D eigenvalue weighted by atomic mass is 19.4. The van der Waals surface area contributed by atoms with Crippen molar-refractivity contribution in [3.63, 3.8) is 0 Å². The summed E-state index contributed by atoms with van der Waals surface area (Å²) >= 11 is 0. The summed E-state index contributed by atoms with van der Waals surface area (Å²) in [7, 11) is 0. The zero-order valence-electron chi connectivity index (χ0n) is 64.3. The SMILES string of the molecule is C=COCCOC(=O)c1c(C(F)(F)F)cc(C)cc1C(F)(F)F.C=COCCOC(=O)c1c(F)c(F)cc(F)c1F.C=COCCOC(=O)c1ccc2ccccc2c1.O=C(OCC1CCC=CO1)c1c(F)c(F)c2c(F)c(F)c(F)c(F)c2c1F.O=C(OCC1CCC=CO1)c1ccc2ccccc2c1.c1ccc2c(c1)c1ccccc1c1occc21. The summed E-state index contributed by atoms with van der Waals surface area (Å²) in [4.78, 5) is 58.7. The van der Waals surface area contributed by atoms with Gasteiger partial charge in [-0.1, -0.05) is 129 Å². The molecule has 2 unspecified atom stereocenters. The fourth-order valence-electron chi connectivity index (χ4n) is 12.0. The maximum Gasteiger partial charge on any atom is 0.417 e. The molecule has 11 aromatic carbocycles. The predicted molar refractivity (Wildman–Crippen MR) is 417 cm³/mol. The van der Waals surface area contributed by atoms with Crippen LogP contribution in [-0.2, 0) is 59.7 Å². The number of benzene rings is 11. The number of allylic oxidation sites excluding steroid dienone is 2. The number of ether oxygens (including phenoxy) is 10. The molecule has 3 heterocycles. The van der Waals surface area contributed by atoms with Gasteiger partial charge in [0, 0.05) is 16.8 Å². The van der Waals surface area contributed by atoms with Crippen molar-refractivity contribution in [3.8, 4) is 0 Å². The number of fused-ring (bicyclic) bond motifs is 9. The van der Waals surface area contributed by atoms with E-state index in [0.29, 0.717) is 49.3 Å². The lowest BCUT2D eigenvalue weighted by Gasteiger charge is -2.19. The summed E-state index contributed by atoms with van der Waals surface area (Å²) in [6, 6.07) is 46.8. The van der Waals surface area contributed by atoms with Gasteiger partial charge in [0.2, 0.25) is 0 Å². The fourth-order valence-corrected chi connectivity index (χ4v) is 12.0. The van der Waals surface area contributed by atoms with Crippen LogP contribution in [-0.4, -0.2) is 94.9 Å². The third-order valence-electron chi connectivity index (χ3n) is 17.8. The number of carbonyl (C=O) groups excluding carboxylic acids is 5. The van der Waals surface area contributed by atoms with Crippen molar-refractivity contribution < 1.29 is 150 Å². The van der Waals surface area contributed by atoms with Gasteiger partial charge >= 0.3 is 42.2 Å². The Hall–Kier alpha value is -13.9. The first kappa shape index (κ1) is 93.0. The number of esters is 5. The number of carbonyl (C=O) groups is 5. The third kappa shape index (κ3) is 23.8. The molecule has 12 aromatic rings. The average Bonchev–Trinajstić information content (AvgIpc) is 1.38. The molecule has 0 saturated carbocycles. The number of alkyl halides is 6. The first-order valence-corrected chi connectivity index (χ1v) is 36.6. The zero-order chi connectivity index (χ0) is 89.2. The van der Waals surface area contributed by atoms with Gasteiger partial charge in [0.15, 0.2) is 64.0 Å². The largest absolute Gasteiger partial charge is 0.498 e. The molecule has 0 radical (unpaired) electrons. The van der Waals surface area contributed by atoms with Crippen molar-refractivity contribution >= 4 is 94.7 Å². The molecule has 0 aliphatic carbocycles. The van der Waals surface area contributed by atoms with Gasteiger partial charge in [0.05, 0.1) is 76.2 Å². The van der Waals surface area contributed by atoms with Crippen molar-refractivity contribution in [2.24, 2.45) is 0 Å². The lowest BCUT2D eigenvalue weighted by Crippen LogP contribution is -2.23. The summed E-state index contributed by atoms with van der Waals surface area (Å²) in [6.07, 6.45) is 3.74. The van der Waals surface area contributed by atoms with E-state index in [2.05, 4.69) is 92.0 Å². The molecule has 14 rings (SSSR count). The van der Waals surface area contributed by atoms with Gasteiger partial charge in [-0.25, -0.2) is 72.3 Å². The van der Waals surface area contributed by atoms with Crippen molar-refractivity contribution in [2.45, 2.75) is 57.2 Å². The molecule has 0 N–H and O–H groups in total. The summed E-state index contributed by atoms with van der Waals surface area (Å²) in [5.41, 5.74) is -6.23. The Morgan fingerprint density at radius 3 is 1.17 bits per heavy atom. The van der Waals surface area contributed by atoms with E-state index >= 15 is 0 Å². The second-order valence-corrected chi connectivity index (χ2v) is 25.9. The quantitative estimate of drug-likeness (QED) is 0.00964. The molecule has 0 amide bonds. The summed E-state index contributed by atoms with van der Waals surface area (Å²) < 4.78 is 280. The van der Waals surface area contributed by atoms with E-state index in [1.54, 1.807) is 30.7 Å². The van der Waals surface area contributed by atoms with Crippen LogP contribution >= 0.6 is 0 Å². The summed E-state index contributed by atoms with van der Waals surface area (Å²) in [6.45, 7) is 10.0. The molecular formula is C90H69F17O16.